The fraction of sp³-hybridized carbons (Fsp3) is 0.395. The Morgan fingerprint density at radius 3 is 2.25 bits per heavy atom. The van der Waals surface area contributed by atoms with Crippen LogP contribution in [0.3, 0.4) is 0 Å². The minimum Gasteiger partial charge on any atom is -0.497 e. The van der Waals surface area contributed by atoms with E-state index in [2.05, 4.69) is 32.5 Å². The maximum Gasteiger partial charge on any atom is 0.410 e. The Labute approximate surface area is 350 Å². The van der Waals surface area contributed by atoms with Crippen LogP contribution in [0.25, 0.3) is 22.2 Å². The Morgan fingerprint density at radius 1 is 1.02 bits per heavy atom. The van der Waals surface area contributed by atoms with Crippen LogP contribution in [0.5, 0.6) is 17.4 Å². The SMILES string of the molecule is COc1ccc(CN(Cc2ccc(OC)cc2)c2cc(C)c(I)c(-c3nc4c5c(ncnc5c3Cl)N3C[C@H]5CC[C@@H]([C@H]3[C@H](C)O4)N5C(=O)OC(C)(C)C)c2F)cc1. The number of benzene rings is 3. The molecule has 298 valence electrons. The smallest absolute Gasteiger partial charge is 0.410 e. The van der Waals surface area contributed by atoms with Gasteiger partial charge in [0.2, 0.25) is 5.88 Å². The van der Waals surface area contributed by atoms with E-state index in [0.717, 1.165) is 41.0 Å². The van der Waals surface area contributed by atoms with Gasteiger partial charge < -0.3 is 28.7 Å². The molecule has 0 N–H and O–H groups in total. The van der Waals surface area contributed by atoms with E-state index in [1.165, 1.54) is 6.33 Å². The molecule has 14 heteroatoms. The second-order valence-electron chi connectivity index (χ2n) is 15.9. The van der Waals surface area contributed by atoms with Gasteiger partial charge in [-0.2, -0.15) is 0 Å². The van der Waals surface area contributed by atoms with Crippen LogP contribution in [-0.2, 0) is 17.8 Å². The van der Waals surface area contributed by atoms with Crippen LogP contribution in [0, 0.1) is 16.3 Å². The summed E-state index contributed by atoms with van der Waals surface area (Å²) in [5.41, 5.74) is 3.49. The van der Waals surface area contributed by atoms with Crippen LogP contribution >= 0.6 is 34.2 Å². The maximum absolute atomic E-state index is 17.6. The zero-order chi connectivity index (χ0) is 40.3. The molecular formula is C43H45ClFIN6O5. The Bertz CT molecular complexity index is 2290. The highest BCUT2D eigenvalue weighted by atomic mass is 127. The highest BCUT2D eigenvalue weighted by molar-refractivity contribution is 14.1. The number of pyridine rings is 1. The molecule has 2 aromatic heterocycles. The number of halogens is 3. The molecule has 3 aromatic carbocycles. The van der Waals surface area contributed by atoms with Crippen LogP contribution in [0.15, 0.2) is 60.9 Å². The maximum atomic E-state index is 17.6. The molecule has 0 saturated carbocycles. The van der Waals surface area contributed by atoms with Gasteiger partial charge in [0.15, 0.2) is 5.82 Å². The lowest BCUT2D eigenvalue weighted by Crippen LogP contribution is -2.65. The molecule has 0 spiro atoms. The van der Waals surface area contributed by atoms with E-state index in [0.29, 0.717) is 45.6 Å². The molecular weight excluding hydrogens is 862 g/mol. The van der Waals surface area contributed by atoms with Crippen molar-refractivity contribution in [1.29, 1.82) is 0 Å². The van der Waals surface area contributed by atoms with E-state index in [9.17, 15) is 4.79 Å². The second-order valence-corrected chi connectivity index (χ2v) is 17.4. The highest BCUT2D eigenvalue weighted by Crippen LogP contribution is 2.48. The molecule has 0 aliphatic carbocycles. The number of anilines is 2. The molecule has 2 fully saturated rings. The van der Waals surface area contributed by atoms with Crippen LogP contribution in [0.1, 0.15) is 57.2 Å². The Kier molecular flexibility index (Phi) is 10.5. The summed E-state index contributed by atoms with van der Waals surface area (Å²) in [6.07, 6.45) is 2.36. The van der Waals surface area contributed by atoms with Crippen molar-refractivity contribution in [3.05, 3.63) is 92.0 Å². The predicted molar refractivity (Wildman–Crippen MR) is 227 cm³/mol. The van der Waals surface area contributed by atoms with Gasteiger partial charge in [0, 0.05) is 23.2 Å². The van der Waals surface area contributed by atoms with Gasteiger partial charge >= 0.3 is 6.09 Å². The number of aromatic nitrogens is 3. The summed E-state index contributed by atoms with van der Waals surface area (Å²) in [5, 5.41) is 0.766. The molecule has 5 aromatic rings. The Balaban J connectivity index is 1.22. The number of methoxy groups -OCH3 is 2. The largest absolute Gasteiger partial charge is 0.497 e. The molecule has 0 radical (unpaired) electrons. The number of hydrogen-bond donors (Lipinski definition) is 0. The minimum atomic E-state index is -0.629. The zero-order valence-electron chi connectivity index (χ0n) is 33.0. The van der Waals surface area contributed by atoms with Gasteiger partial charge in [-0.15, -0.1) is 0 Å². The monoisotopic (exact) mass is 906 g/mol. The fourth-order valence-electron chi connectivity index (χ4n) is 8.47. The summed E-state index contributed by atoms with van der Waals surface area (Å²) in [6, 6.07) is 16.9. The zero-order valence-corrected chi connectivity index (χ0v) is 35.9. The topological polar surface area (TPSA) is 102 Å². The first-order chi connectivity index (χ1) is 27.3. The predicted octanol–water partition coefficient (Wildman–Crippen LogP) is 9.36. The lowest BCUT2D eigenvalue weighted by Gasteiger charge is -2.48. The number of carbonyl (C=O) groups is 1. The lowest BCUT2D eigenvalue weighted by molar-refractivity contribution is 0.000962. The number of ether oxygens (including phenoxy) is 4. The standard InChI is InChI=1S/C43H45ClFIN6O5/c1-23-18-31(50(19-25-8-13-28(54-6)14-9-25)20-26-10-15-29(55-7)16-11-26)35(45)32(36(23)46)38-34(44)37-33-40(48-22-47-37)51-21-27-12-17-30(39(51)24(2)56-41(33)49-38)52(27)42(53)57-43(3,4)5/h8-11,13-16,18,22,24,27,30,39H,12,17,19-21H2,1-7H3/t24-,27+,30-,39+/m0/s1. The Hall–Kier alpha value is -4.63. The van der Waals surface area contributed by atoms with E-state index in [1.807, 2.05) is 99.0 Å². The van der Waals surface area contributed by atoms with Crippen LogP contribution < -0.4 is 24.0 Å². The summed E-state index contributed by atoms with van der Waals surface area (Å²) in [4.78, 5) is 34.2. The molecule has 2 saturated heterocycles. The van der Waals surface area contributed by atoms with E-state index < -0.39 is 17.5 Å². The molecule has 2 bridgehead atoms. The number of piperazine rings is 1. The molecule has 5 heterocycles. The average Bonchev–Trinajstić information content (AvgIpc) is 3.43. The van der Waals surface area contributed by atoms with E-state index in [-0.39, 0.29) is 46.4 Å². The van der Waals surface area contributed by atoms with Crippen LogP contribution in [0.2, 0.25) is 5.02 Å². The quantitative estimate of drug-likeness (QED) is 0.140. The summed E-state index contributed by atoms with van der Waals surface area (Å²) < 4.78 is 41.7. The number of rotatable bonds is 8. The van der Waals surface area contributed by atoms with Crippen molar-refractivity contribution in [3.8, 4) is 28.6 Å². The van der Waals surface area contributed by atoms with Gasteiger partial charge in [0.1, 0.15) is 46.3 Å². The molecule has 1 amide bonds. The van der Waals surface area contributed by atoms with Gasteiger partial charge in [0.25, 0.3) is 0 Å². The number of nitrogens with zero attached hydrogens (tertiary/aromatic N) is 6. The first-order valence-corrected chi connectivity index (χ1v) is 20.5. The third-order valence-corrected chi connectivity index (χ3v) is 12.8. The summed E-state index contributed by atoms with van der Waals surface area (Å²) >= 11 is 9.48. The first kappa shape index (κ1) is 39.2. The van der Waals surface area contributed by atoms with Crippen molar-refractivity contribution < 1.29 is 28.1 Å². The van der Waals surface area contributed by atoms with Gasteiger partial charge in [-0.3, -0.25) is 4.90 Å². The molecule has 3 aliphatic rings. The van der Waals surface area contributed by atoms with Crippen LogP contribution in [-0.4, -0.2) is 76.5 Å². The van der Waals surface area contributed by atoms with Crippen molar-refractivity contribution in [3.63, 3.8) is 0 Å². The highest BCUT2D eigenvalue weighted by Gasteiger charge is 2.53. The van der Waals surface area contributed by atoms with Crippen molar-refractivity contribution in [1.82, 2.24) is 19.9 Å². The van der Waals surface area contributed by atoms with Crippen molar-refractivity contribution in [2.24, 2.45) is 0 Å². The third-order valence-electron chi connectivity index (χ3n) is 11.0. The normalized spacial score (nSPS) is 19.8. The number of fused-ring (bicyclic) bond motifs is 5. The molecule has 4 atom stereocenters. The van der Waals surface area contributed by atoms with E-state index in [4.69, 9.17) is 40.5 Å². The summed E-state index contributed by atoms with van der Waals surface area (Å²) in [5.74, 6) is 1.92. The fourth-order valence-corrected chi connectivity index (χ4v) is 9.40. The van der Waals surface area contributed by atoms with E-state index >= 15 is 4.39 Å². The first-order valence-electron chi connectivity index (χ1n) is 19.0. The molecule has 11 nitrogen and oxygen atoms in total. The number of carbonyl (C=O) groups excluding carboxylic acids is 1. The van der Waals surface area contributed by atoms with Gasteiger partial charge in [-0.1, -0.05) is 35.9 Å². The molecule has 8 rings (SSSR count). The summed E-state index contributed by atoms with van der Waals surface area (Å²) in [7, 11) is 3.26. The van der Waals surface area contributed by atoms with Gasteiger partial charge in [-0.05, 0) is 117 Å². The number of amides is 1. The summed E-state index contributed by atoms with van der Waals surface area (Å²) in [6.45, 7) is 10.9. The lowest BCUT2D eigenvalue weighted by atomic mass is 9.98. The van der Waals surface area contributed by atoms with Gasteiger partial charge in [0.05, 0.1) is 54.3 Å². The number of aryl methyl sites for hydroxylation is 1. The van der Waals surface area contributed by atoms with Gasteiger partial charge in [-0.25, -0.2) is 24.1 Å². The number of hydrogen-bond acceptors (Lipinski definition) is 10. The second kappa shape index (κ2) is 15.3. The average molecular weight is 907 g/mol. The van der Waals surface area contributed by atoms with Crippen molar-refractivity contribution >= 4 is 62.7 Å². The third kappa shape index (κ3) is 7.26. The van der Waals surface area contributed by atoms with Crippen LogP contribution in [0.4, 0.5) is 20.7 Å². The minimum absolute atomic E-state index is 0.0669. The molecule has 57 heavy (non-hydrogen) atoms. The molecule has 3 aliphatic heterocycles. The molecule has 0 unspecified atom stereocenters. The Morgan fingerprint density at radius 2 is 1.65 bits per heavy atom. The van der Waals surface area contributed by atoms with Crippen molar-refractivity contribution in [2.75, 3.05) is 30.6 Å². The van der Waals surface area contributed by atoms with Crippen molar-refractivity contribution in [2.45, 2.75) is 90.4 Å². The van der Waals surface area contributed by atoms with E-state index in [1.54, 1.807) is 14.2 Å².